The van der Waals surface area contributed by atoms with Crippen molar-refractivity contribution in [2.45, 2.75) is 12.8 Å². The van der Waals surface area contributed by atoms with Gasteiger partial charge in [0.05, 0.1) is 6.07 Å². The second-order valence-electron chi connectivity index (χ2n) is 3.37. The Morgan fingerprint density at radius 2 is 2.00 bits per heavy atom. The van der Waals surface area contributed by atoms with Crippen LogP contribution in [-0.4, -0.2) is 0 Å². The molecule has 1 nitrogen and oxygen atoms in total. The zero-order valence-corrected chi connectivity index (χ0v) is 7.40. The Kier molecular flexibility index (Phi) is 2.14. The summed E-state index contributed by atoms with van der Waals surface area (Å²) < 4.78 is 0. The summed E-state index contributed by atoms with van der Waals surface area (Å²) in [6, 6.07) is 12.3. The molecule has 1 fully saturated rings. The van der Waals surface area contributed by atoms with Gasteiger partial charge in [-0.1, -0.05) is 30.3 Å². The molecule has 0 atom stereocenters. The molecule has 0 saturated heterocycles. The van der Waals surface area contributed by atoms with E-state index in [1.807, 2.05) is 18.2 Å². The smallest absolute Gasteiger partial charge is 0.0915 e. The van der Waals surface area contributed by atoms with Crippen LogP contribution in [0.5, 0.6) is 0 Å². The average molecular weight is 169 g/mol. The topological polar surface area (TPSA) is 23.8 Å². The lowest BCUT2D eigenvalue weighted by Gasteiger charge is -2.02. The molecule has 1 aromatic rings. The summed E-state index contributed by atoms with van der Waals surface area (Å²) in [6.07, 6.45) is 4.16. The van der Waals surface area contributed by atoms with Crippen LogP contribution >= 0.6 is 0 Å². The normalized spacial score (nSPS) is 16.7. The van der Waals surface area contributed by atoms with E-state index < -0.39 is 0 Å². The fourth-order valence-corrected chi connectivity index (χ4v) is 1.53. The predicted molar refractivity (Wildman–Crippen MR) is 52.8 cm³/mol. The van der Waals surface area contributed by atoms with Crippen LogP contribution in [0.15, 0.2) is 36.4 Å². The maximum atomic E-state index is 8.65. The molecule has 0 aliphatic heterocycles. The highest BCUT2D eigenvalue weighted by molar-refractivity contribution is 5.70. The maximum absolute atomic E-state index is 8.65. The minimum atomic E-state index is 0.641. The molecule has 13 heavy (non-hydrogen) atoms. The first kappa shape index (κ1) is 8.07. The maximum Gasteiger partial charge on any atom is 0.0915 e. The Bertz CT molecular complexity index is 352. The second-order valence-corrected chi connectivity index (χ2v) is 3.37. The number of nitrogens with zero attached hydrogens (tertiary/aromatic N) is 1. The van der Waals surface area contributed by atoms with Gasteiger partial charge in [0.1, 0.15) is 0 Å². The van der Waals surface area contributed by atoms with E-state index in [-0.39, 0.29) is 0 Å². The number of nitriles is 1. The van der Waals surface area contributed by atoms with Gasteiger partial charge in [0.25, 0.3) is 0 Å². The van der Waals surface area contributed by atoms with E-state index in [0.717, 1.165) is 0 Å². The summed E-state index contributed by atoms with van der Waals surface area (Å²) in [5.74, 6) is 0.641. The van der Waals surface area contributed by atoms with E-state index in [0.29, 0.717) is 5.92 Å². The van der Waals surface area contributed by atoms with Crippen molar-refractivity contribution in [2.75, 3.05) is 0 Å². The van der Waals surface area contributed by atoms with Crippen molar-refractivity contribution < 1.29 is 0 Å². The molecule has 0 heterocycles. The Balaban J connectivity index is 2.32. The lowest BCUT2D eigenvalue weighted by molar-refractivity contribution is 1.15. The largest absolute Gasteiger partial charge is 0.193 e. The number of benzene rings is 1. The van der Waals surface area contributed by atoms with Crippen LogP contribution < -0.4 is 0 Å². The van der Waals surface area contributed by atoms with Crippen LogP contribution in [-0.2, 0) is 0 Å². The molecule has 0 radical (unpaired) electrons. The number of hydrogen-bond donors (Lipinski definition) is 0. The van der Waals surface area contributed by atoms with Crippen LogP contribution in [0.2, 0.25) is 0 Å². The molecule has 1 aliphatic carbocycles. The van der Waals surface area contributed by atoms with Gasteiger partial charge in [-0.05, 0) is 29.9 Å². The van der Waals surface area contributed by atoms with E-state index in [1.165, 1.54) is 24.0 Å². The van der Waals surface area contributed by atoms with E-state index in [9.17, 15) is 0 Å². The Labute approximate surface area is 78.3 Å². The minimum Gasteiger partial charge on any atom is -0.193 e. The van der Waals surface area contributed by atoms with Crippen molar-refractivity contribution in [1.29, 1.82) is 5.26 Å². The summed E-state index contributed by atoms with van der Waals surface area (Å²) >= 11 is 0. The van der Waals surface area contributed by atoms with Gasteiger partial charge < -0.3 is 0 Å². The van der Waals surface area contributed by atoms with Crippen molar-refractivity contribution in [2.24, 2.45) is 5.92 Å². The molecule has 0 amide bonds. The van der Waals surface area contributed by atoms with E-state index in [2.05, 4.69) is 18.2 Å². The van der Waals surface area contributed by atoms with Crippen LogP contribution in [0.3, 0.4) is 0 Å². The SMILES string of the molecule is N#CC=C(c1ccccc1)C1CC1. The third-order valence-electron chi connectivity index (χ3n) is 2.34. The van der Waals surface area contributed by atoms with E-state index in [1.54, 1.807) is 6.08 Å². The molecule has 0 N–H and O–H groups in total. The van der Waals surface area contributed by atoms with E-state index in [4.69, 9.17) is 5.26 Å². The van der Waals surface area contributed by atoms with Gasteiger partial charge in [-0.2, -0.15) is 5.26 Å². The fraction of sp³-hybridized carbons (Fsp3) is 0.250. The molecule has 1 aliphatic rings. The number of hydrogen-bond acceptors (Lipinski definition) is 1. The first-order chi connectivity index (χ1) is 6.42. The molecule has 0 bridgehead atoms. The molecule has 64 valence electrons. The van der Waals surface area contributed by atoms with Crippen LogP contribution in [0.25, 0.3) is 5.57 Å². The monoisotopic (exact) mass is 169 g/mol. The second kappa shape index (κ2) is 3.45. The summed E-state index contributed by atoms with van der Waals surface area (Å²) in [7, 11) is 0. The van der Waals surface area contributed by atoms with Crippen LogP contribution in [0, 0.1) is 17.2 Å². The zero-order valence-electron chi connectivity index (χ0n) is 7.40. The molecule has 1 heteroatoms. The van der Waals surface area contributed by atoms with Crippen molar-refractivity contribution in [3.8, 4) is 6.07 Å². The lowest BCUT2D eigenvalue weighted by atomic mass is 10.0. The van der Waals surface area contributed by atoms with Gasteiger partial charge in [0, 0.05) is 6.08 Å². The van der Waals surface area contributed by atoms with Crippen molar-refractivity contribution in [1.82, 2.24) is 0 Å². The Hall–Kier alpha value is -1.55. The zero-order chi connectivity index (χ0) is 9.10. The van der Waals surface area contributed by atoms with Crippen LogP contribution in [0.1, 0.15) is 18.4 Å². The summed E-state index contributed by atoms with van der Waals surface area (Å²) in [6.45, 7) is 0. The predicted octanol–water partition coefficient (Wildman–Crippen LogP) is 3.00. The average Bonchev–Trinajstić information content (AvgIpc) is 2.99. The van der Waals surface area contributed by atoms with Crippen LogP contribution in [0.4, 0.5) is 0 Å². The molecular weight excluding hydrogens is 158 g/mol. The molecule has 1 aromatic carbocycles. The highest BCUT2D eigenvalue weighted by atomic mass is 14.3. The van der Waals surface area contributed by atoms with E-state index >= 15 is 0 Å². The first-order valence-corrected chi connectivity index (χ1v) is 4.57. The minimum absolute atomic E-state index is 0.641. The molecule has 1 saturated carbocycles. The number of rotatable bonds is 2. The van der Waals surface area contributed by atoms with Gasteiger partial charge in [-0.25, -0.2) is 0 Å². The molecular formula is C12H11N. The van der Waals surface area contributed by atoms with Gasteiger partial charge in [0.2, 0.25) is 0 Å². The fourth-order valence-electron chi connectivity index (χ4n) is 1.53. The van der Waals surface area contributed by atoms with Crippen molar-refractivity contribution >= 4 is 5.57 Å². The standard InChI is InChI=1S/C12H11N/c13-9-8-12(11-6-7-11)10-4-2-1-3-5-10/h1-5,8,11H,6-7H2. The third kappa shape index (κ3) is 1.78. The Morgan fingerprint density at radius 3 is 2.54 bits per heavy atom. The quantitative estimate of drug-likeness (QED) is 0.624. The summed E-state index contributed by atoms with van der Waals surface area (Å²) in [4.78, 5) is 0. The Morgan fingerprint density at radius 1 is 1.31 bits per heavy atom. The van der Waals surface area contributed by atoms with Gasteiger partial charge in [0.15, 0.2) is 0 Å². The highest BCUT2D eigenvalue weighted by Gasteiger charge is 2.26. The van der Waals surface area contributed by atoms with Crippen molar-refractivity contribution in [3.05, 3.63) is 42.0 Å². The summed E-state index contributed by atoms with van der Waals surface area (Å²) in [5, 5.41) is 8.65. The van der Waals surface area contributed by atoms with Gasteiger partial charge >= 0.3 is 0 Å². The molecule has 0 aromatic heterocycles. The third-order valence-corrected chi connectivity index (χ3v) is 2.34. The van der Waals surface area contributed by atoms with Crippen molar-refractivity contribution in [3.63, 3.8) is 0 Å². The molecule has 0 spiro atoms. The lowest BCUT2D eigenvalue weighted by Crippen LogP contribution is -1.85. The van der Waals surface area contributed by atoms with Gasteiger partial charge in [-0.15, -0.1) is 0 Å². The highest BCUT2D eigenvalue weighted by Crippen LogP contribution is 2.41. The first-order valence-electron chi connectivity index (χ1n) is 4.57. The molecule has 2 rings (SSSR count). The molecule has 0 unspecified atom stereocenters. The van der Waals surface area contributed by atoms with Gasteiger partial charge in [-0.3, -0.25) is 0 Å². The number of allylic oxidation sites excluding steroid dienone is 2. The summed E-state index contributed by atoms with van der Waals surface area (Å²) in [5.41, 5.74) is 2.41.